The van der Waals surface area contributed by atoms with Crippen molar-refractivity contribution >= 4 is 33.9 Å². The largest absolute Gasteiger partial charge is 0.507 e. The molecule has 0 radical (unpaired) electrons. The Balaban J connectivity index is 1.71. The Morgan fingerprint density at radius 3 is 2.38 bits per heavy atom. The minimum Gasteiger partial charge on any atom is -0.507 e. The van der Waals surface area contributed by atoms with Gasteiger partial charge in [0.25, 0.3) is 11.7 Å². The number of benzene rings is 3. The van der Waals surface area contributed by atoms with E-state index in [1.807, 2.05) is 24.3 Å². The van der Waals surface area contributed by atoms with Gasteiger partial charge in [0.1, 0.15) is 17.6 Å². The van der Waals surface area contributed by atoms with E-state index < -0.39 is 29.4 Å². The van der Waals surface area contributed by atoms with Crippen LogP contribution in [0.3, 0.4) is 0 Å². The average Bonchev–Trinajstić information content (AvgIpc) is 3.42. The van der Waals surface area contributed by atoms with Crippen LogP contribution in [0.2, 0.25) is 0 Å². The highest BCUT2D eigenvalue weighted by Gasteiger charge is 2.48. The summed E-state index contributed by atoms with van der Waals surface area (Å²) in [5, 5.41) is 12.9. The van der Waals surface area contributed by atoms with E-state index in [2.05, 4.69) is 0 Å². The van der Waals surface area contributed by atoms with Crippen molar-refractivity contribution in [1.82, 2.24) is 0 Å². The summed E-state index contributed by atoms with van der Waals surface area (Å²) < 4.78 is 32.8. The summed E-state index contributed by atoms with van der Waals surface area (Å²) in [5.41, 5.74) is 0.0958. The number of nitrogens with zero attached hydrogens (tertiary/aromatic N) is 1. The Kier molecular flexibility index (Phi) is 4.59. The normalized spacial score (nSPS) is 17.9. The van der Waals surface area contributed by atoms with Crippen molar-refractivity contribution in [2.24, 2.45) is 0 Å². The number of fused-ring (bicyclic) bond motifs is 1. The lowest BCUT2D eigenvalue weighted by atomic mass is 9.97. The summed E-state index contributed by atoms with van der Waals surface area (Å²) in [7, 11) is 0. The fourth-order valence-corrected chi connectivity index (χ4v) is 3.94. The van der Waals surface area contributed by atoms with E-state index in [9.17, 15) is 23.5 Å². The van der Waals surface area contributed by atoms with Crippen LogP contribution in [0.25, 0.3) is 16.5 Å². The van der Waals surface area contributed by atoms with Crippen molar-refractivity contribution in [3.8, 4) is 0 Å². The van der Waals surface area contributed by atoms with Crippen molar-refractivity contribution in [2.45, 2.75) is 6.04 Å². The van der Waals surface area contributed by atoms with E-state index in [1.165, 1.54) is 18.4 Å². The smallest absolute Gasteiger partial charge is 0.300 e. The second-order valence-electron chi connectivity index (χ2n) is 7.34. The number of Topliss-reactive ketones (excluding diaryl/α,β-unsaturated/α-hetero) is 1. The molecule has 1 saturated heterocycles. The Hall–Kier alpha value is -4.26. The van der Waals surface area contributed by atoms with Crippen LogP contribution in [0.4, 0.5) is 14.5 Å². The lowest BCUT2D eigenvalue weighted by Crippen LogP contribution is -2.29. The van der Waals surface area contributed by atoms with Gasteiger partial charge in [-0.25, -0.2) is 8.78 Å². The van der Waals surface area contributed by atoms with Crippen molar-refractivity contribution in [3.63, 3.8) is 0 Å². The van der Waals surface area contributed by atoms with Gasteiger partial charge in [0, 0.05) is 17.3 Å². The molecule has 0 saturated carbocycles. The van der Waals surface area contributed by atoms with Gasteiger partial charge in [-0.05, 0) is 41.1 Å². The predicted octanol–water partition coefficient (Wildman–Crippen LogP) is 5.34. The first-order valence-corrected chi connectivity index (χ1v) is 9.74. The number of halogens is 2. The third kappa shape index (κ3) is 3.06. The highest BCUT2D eigenvalue weighted by atomic mass is 19.2. The van der Waals surface area contributed by atoms with E-state index >= 15 is 0 Å². The molecule has 0 aliphatic carbocycles. The van der Waals surface area contributed by atoms with Gasteiger partial charge in [0.15, 0.2) is 11.6 Å². The molecule has 0 bridgehead atoms. The molecule has 4 aromatic rings. The molecule has 1 aliphatic heterocycles. The molecule has 1 atom stereocenters. The molecule has 32 heavy (non-hydrogen) atoms. The zero-order chi connectivity index (χ0) is 22.4. The molecule has 1 aromatic heterocycles. The highest BCUT2D eigenvalue weighted by Crippen LogP contribution is 2.42. The second-order valence-corrected chi connectivity index (χ2v) is 7.34. The number of aliphatic hydroxyl groups is 1. The highest BCUT2D eigenvalue weighted by molar-refractivity contribution is 6.51. The molecule has 3 aromatic carbocycles. The maximum Gasteiger partial charge on any atom is 0.300 e. The van der Waals surface area contributed by atoms with Crippen LogP contribution in [0.1, 0.15) is 17.4 Å². The van der Waals surface area contributed by atoms with Crippen molar-refractivity contribution in [3.05, 3.63) is 108 Å². The van der Waals surface area contributed by atoms with E-state index in [1.54, 1.807) is 24.3 Å². The van der Waals surface area contributed by atoms with Crippen LogP contribution in [-0.2, 0) is 9.59 Å². The van der Waals surface area contributed by atoms with Crippen molar-refractivity contribution < 1.29 is 27.9 Å². The Morgan fingerprint density at radius 1 is 0.875 bits per heavy atom. The summed E-state index contributed by atoms with van der Waals surface area (Å²) in [6, 6.07) is 17.5. The predicted molar refractivity (Wildman–Crippen MR) is 114 cm³/mol. The van der Waals surface area contributed by atoms with Crippen molar-refractivity contribution in [2.75, 3.05) is 4.90 Å². The first kappa shape index (κ1) is 19.7. The third-order valence-corrected chi connectivity index (χ3v) is 5.46. The second kappa shape index (κ2) is 7.46. The standard InChI is InChI=1S/C25H15F2NO4/c26-18-10-9-17(13-19(18)27)28-22(20-6-3-11-32-20)21(24(30)25(28)31)23(29)16-8-7-14-4-1-2-5-15(14)12-16/h1-13,22,29H/b23-21-. The third-order valence-electron chi connectivity index (χ3n) is 5.46. The number of amides is 1. The summed E-state index contributed by atoms with van der Waals surface area (Å²) in [6.07, 6.45) is 1.36. The van der Waals surface area contributed by atoms with Crippen LogP contribution in [0.5, 0.6) is 0 Å². The number of carbonyl (C=O) groups is 2. The minimum atomic E-state index is -1.17. The van der Waals surface area contributed by atoms with Crippen LogP contribution in [0.15, 0.2) is 89.0 Å². The molecule has 1 N–H and O–H groups in total. The Morgan fingerprint density at radius 2 is 1.66 bits per heavy atom. The maximum atomic E-state index is 13.9. The van der Waals surface area contributed by atoms with Gasteiger partial charge in [-0.1, -0.05) is 36.4 Å². The molecule has 0 spiro atoms. The van der Waals surface area contributed by atoms with Gasteiger partial charge in [-0.15, -0.1) is 0 Å². The average molecular weight is 431 g/mol. The van der Waals surface area contributed by atoms with E-state index in [0.717, 1.165) is 27.8 Å². The summed E-state index contributed by atoms with van der Waals surface area (Å²) in [6.45, 7) is 0. The van der Waals surface area contributed by atoms with E-state index in [-0.39, 0.29) is 22.8 Å². The molecular weight excluding hydrogens is 416 g/mol. The van der Waals surface area contributed by atoms with Gasteiger partial charge in [-0.3, -0.25) is 14.5 Å². The first-order valence-electron chi connectivity index (χ1n) is 9.74. The van der Waals surface area contributed by atoms with Gasteiger partial charge in [-0.2, -0.15) is 0 Å². The van der Waals surface area contributed by atoms with Gasteiger partial charge in [0.2, 0.25) is 0 Å². The zero-order valence-corrected chi connectivity index (χ0v) is 16.5. The number of aliphatic hydroxyl groups excluding tert-OH is 1. The van der Waals surface area contributed by atoms with Crippen LogP contribution < -0.4 is 4.90 Å². The van der Waals surface area contributed by atoms with Gasteiger partial charge < -0.3 is 9.52 Å². The maximum absolute atomic E-state index is 13.9. The number of rotatable bonds is 3. The molecule has 7 heteroatoms. The number of ketones is 1. The molecule has 5 rings (SSSR count). The molecular formula is C25H15F2NO4. The Labute approximate surface area is 180 Å². The minimum absolute atomic E-state index is 0.0371. The number of furan rings is 1. The van der Waals surface area contributed by atoms with E-state index in [4.69, 9.17) is 4.42 Å². The molecule has 1 amide bonds. The first-order chi connectivity index (χ1) is 15.5. The summed E-state index contributed by atoms with van der Waals surface area (Å²) >= 11 is 0. The summed E-state index contributed by atoms with van der Waals surface area (Å²) in [4.78, 5) is 26.9. The summed E-state index contributed by atoms with van der Waals surface area (Å²) in [5.74, 6) is -4.40. The monoisotopic (exact) mass is 431 g/mol. The van der Waals surface area contributed by atoms with Crippen molar-refractivity contribution in [1.29, 1.82) is 0 Å². The number of hydrogen-bond acceptors (Lipinski definition) is 4. The zero-order valence-electron chi connectivity index (χ0n) is 16.5. The lowest BCUT2D eigenvalue weighted by Gasteiger charge is -2.23. The molecule has 158 valence electrons. The topological polar surface area (TPSA) is 70.8 Å². The lowest BCUT2D eigenvalue weighted by molar-refractivity contribution is -0.132. The molecule has 1 aliphatic rings. The fraction of sp³-hybridized carbons (Fsp3) is 0.0400. The molecule has 5 nitrogen and oxygen atoms in total. The van der Waals surface area contributed by atoms with Crippen LogP contribution in [-0.4, -0.2) is 16.8 Å². The van der Waals surface area contributed by atoms with Crippen LogP contribution in [0, 0.1) is 11.6 Å². The van der Waals surface area contributed by atoms with E-state index in [0.29, 0.717) is 5.56 Å². The molecule has 2 heterocycles. The number of anilines is 1. The quantitative estimate of drug-likeness (QED) is 0.270. The van der Waals surface area contributed by atoms with Crippen LogP contribution >= 0.6 is 0 Å². The molecule has 1 unspecified atom stereocenters. The SMILES string of the molecule is O=C1C(=O)N(c2ccc(F)c(F)c2)C(c2ccco2)/C1=C(/O)c1ccc2ccccc2c1. The van der Waals surface area contributed by atoms with Gasteiger partial charge in [0.05, 0.1) is 11.8 Å². The van der Waals surface area contributed by atoms with Gasteiger partial charge >= 0.3 is 0 Å². The number of hydrogen-bond donors (Lipinski definition) is 1. The Bertz CT molecular complexity index is 1410. The fourth-order valence-electron chi connectivity index (χ4n) is 3.94. The molecule has 1 fully saturated rings. The number of carbonyl (C=O) groups excluding carboxylic acids is 2.